The van der Waals surface area contributed by atoms with Crippen molar-refractivity contribution in [2.24, 2.45) is 0 Å². The zero-order valence-electron chi connectivity index (χ0n) is 2.36. The van der Waals surface area contributed by atoms with Gasteiger partial charge in [0.05, 0.1) is 0 Å². The van der Waals surface area contributed by atoms with Gasteiger partial charge in [-0.1, -0.05) is 0 Å². The van der Waals surface area contributed by atoms with E-state index in [1.807, 2.05) is 0 Å². The van der Waals surface area contributed by atoms with Crippen molar-refractivity contribution in [3.63, 3.8) is 0 Å². The number of hydrogen-bond acceptors (Lipinski definition) is 1. The third-order valence-electron chi connectivity index (χ3n) is 0. The van der Waals surface area contributed by atoms with Crippen molar-refractivity contribution in [3.8, 4) is 0 Å². The molecule has 0 N–H and O–H groups in total. The summed E-state index contributed by atoms with van der Waals surface area (Å²) in [5.74, 6) is 0. The van der Waals surface area contributed by atoms with Gasteiger partial charge < -0.3 is 5.41 Å². The molecule has 0 fully saturated rings. The van der Waals surface area contributed by atoms with E-state index in [4.69, 9.17) is 10.2 Å². The monoisotopic (exact) mass is 175 g/mol. The molecule has 0 saturated heterocycles. The summed E-state index contributed by atoms with van der Waals surface area (Å²) in [7, 11) is 0. The normalized spacial score (nSPS) is 2.00. The van der Waals surface area contributed by atoms with Gasteiger partial charge >= 0.3 is 68.9 Å². The van der Waals surface area contributed by atoms with Crippen LogP contribution in [0.3, 0.4) is 0 Å². The first-order valence-corrected chi connectivity index (χ1v) is 0.428. The zero-order valence-corrected chi connectivity index (χ0v) is 8.64. The van der Waals surface area contributed by atoms with Crippen molar-refractivity contribution in [2.45, 2.75) is 0 Å². The van der Waals surface area contributed by atoms with E-state index in [-0.39, 0.29) is 68.9 Å². The fourth-order valence-electron chi connectivity index (χ4n) is 0. The minimum absolute atomic E-state index is 0. The molecule has 0 amide bonds. The summed E-state index contributed by atoms with van der Waals surface area (Å²) in [6.45, 7) is 0. The van der Waals surface area contributed by atoms with E-state index in [0.717, 1.165) is 0 Å². The SMILES string of the molecule is [Cs+].[N-]=C=O. The molecular weight excluding hydrogens is 175 g/mol. The first-order chi connectivity index (χ1) is 1.41. The van der Waals surface area contributed by atoms with Crippen LogP contribution in [0.25, 0.3) is 5.41 Å². The number of carbonyl (C=O) groups excluding carboxylic acids is 1. The summed E-state index contributed by atoms with van der Waals surface area (Å²) in [6, 6.07) is 0. The smallest absolute Gasteiger partial charge is 0.724 e. The van der Waals surface area contributed by atoms with E-state index in [2.05, 4.69) is 0 Å². The van der Waals surface area contributed by atoms with Crippen LogP contribution in [0.4, 0.5) is 0 Å². The van der Waals surface area contributed by atoms with E-state index >= 15 is 0 Å². The Morgan fingerprint density at radius 1 is 1.75 bits per heavy atom. The van der Waals surface area contributed by atoms with Gasteiger partial charge in [0.2, 0.25) is 0 Å². The van der Waals surface area contributed by atoms with E-state index in [0.29, 0.717) is 6.08 Å². The van der Waals surface area contributed by atoms with Crippen molar-refractivity contribution in [1.29, 1.82) is 0 Å². The molecule has 3 heteroatoms. The molecule has 0 saturated carbocycles. The van der Waals surface area contributed by atoms with Gasteiger partial charge in [-0.25, -0.2) is 0 Å². The van der Waals surface area contributed by atoms with E-state index in [1.165, 1.54) is 0 Å². The van der Waals surface area contributed by atoms with Crippen molar-refractivity contribution in [2.75, 3.05) is 0 Å². The van der Waals surface area contributed by atoms with Crippen LogP contribution in [0.1, 0.15) is 0 Å². The van der Waals surface area contributed by atoms with Crippen LogP contribution in [0.5, 0.6) is 0 Å². The molecule has 0 heterocycles. The average molecular weight is 175 g/mol. The minimum Gasteiger partial charge on any atom is -0.724 e. The first-order valence-electron chi connectivity index (χ1n) is 0.428. The van der Waals surface area contributed by atoms with Gasteiger partial charge in [-0.2, -0.15) is 0 Å². The summed E-state index contributed by atoms with van der Waals surface area (Å²) in [4.78, 5) is 8.24. The maximum absolute atomic E-state index is 8.24. The molecule has 0 spiro atoms. The molecule has 0 atom stereocenters. The predicted molar refractivity (Wildman–Crippen MR) is 9.05 cm³/mol. The molecule has 0 aromatic heterocycles. The maximum Gasteiger partial charge on any atom is 1.00 e. The summed E-state index contributed by atoms with van der Waals surface area (Å²) >= 11 is 0. The second kappa shape index (κ2) is 8.83. The zero-order chi connectivity index (χ0) is 2.71. The minimum atomic E-state index is 0. The fourth-order valence-corrected chi connectivity index (χ4v) is 0. The molecule has 0 aliphatic rings. The molecule has 2 nitrogen and oxygen atoms in total. The molecule has 0 unspecified atom stereocenters. The van der Waals surface area contributed by atoms with E-state index in [9.17, 15) is 0 Å². The van der Waals surface area contributed by atoms with Crippen LogP contribution in [0.2, 0.25) is 0 Å². The summed E-state index contributed by atoms with van der Waals surface area (Å²) < 4.78 is 0. The molecular formula is CCsNO. The number of nitrogens with zero attached hydrogens (tertiary/aromatic N) is 1. The molecule has 0 aromatic rings. The molecule has 0 radical (unpaired) electrons. The summed E-state index contributed by atoms with van der Waals surface area (Å²) in [5.41, 5.74) is 0. The number of hydrogen-bond donors (Lipinski definition) is 0. The topological polar surface area (TPSA) is 39.4 Å². The molecule has 16 valence electrons. The quantitative estimate of drug-likeness (QED) is 0.284. The van der Waals surface area contributed by atoms with Crippen LogP contribution in [0, 0.1) is 0 Å². The molecule has 0 bridgehead atoms. The van der Waals surface area contributed by atoms with Crippen molar-refractivity contribution >= 4 is 6.08 Å². The number of isocyanates is 1. The predicted octanol–water partition coefficient (Wildman–Crippen LogP) is -3.10. The second-order valence-corrected chi connectivity index (χ2v) is 0.0913. The fraction of sp³-hybridized carbons (Fsp3) is 0. The van der Waals surface area contributed by atoms with Gasteiger partial charge in [0.25, 0.3) is 0 Å². The Balaban J connectivity index is 0. The van der Waals surface area contributed by atoms with Gasteiger partial charge in [-0.05, 0) is 6.08 Å². The molecule has 0 aromatic carbocycles. The number of rotatable bonds is 0. The van der Waals surface area contributed by atoms with Crippen LogP contribution in [0.15, 0.2) is 0 Å². The third kappa shape index (κ3) is 9.90. The van der Waals surface area contributed by atoms with Gasteiger partial charge in [-0.3, -0.25) is 4.79 Å². The van der Waals surface area contributed by atoms with Gasteiger partial charge in [-0.15, -0.1) is 0 Å². The Kier molecular flexibility index (Phi) is 20.0. The van der Waals surface area contributed by atoms with Gasteiger partial charge in [0, 0.05) is 0 Å². The average Bonchev–Trinajstić information content (AvgIpc) is 0.918. The van der Waals surface area contributed by atoms with Crippen LogP contribution >= 0.6 is 0 Å². The van der Waals surface area contributed by atoms with Crippen molar-refractivity contribution in [1.82, 2.24) is 0 Å². The Hall–Kier alpha value is 1.43. The molecule has 0 aliphatic carbocycles. The molecule has 0 rings (SSSR count). The van der Waals surface area contributed by atoms with Crippen molar-refractivity contribution in [3.05, 3.63) is 5.41 Å². The second-order valence-electron chi connectivity index (χ2n) is 0.0913. The van der Waals surface area contributed by atoms with Crippen molar-refractivity contribution < 1.29 is 73.7 Å². The Labute approximate surface area is 82.9 Å². The molecule has 4 heavy (non-hydrogen) atoms. The summed E-state index contributed by atoms with van der Waals surface area (Å²) in [6.07, 6.45) is 0.500. The van der Waals surface area contributed by atoms with Gasteiger partial charge in [0.1, 0.15) is 0 Å². The summed E-state index contributed by atoms with van der Waals surface area (Å²) in [5, 5.41) is 6.76. The molecule has 0 aliphatic heterocycles. The Bertz CT molecular complexity index is 29.0. The Morgan fingerprint density at radius 2 is 1.75 bits per heavy atom. The van der Waals surface area contributed by atoms with Crippen LogP contribution in [-0.2, 0) is 4.79 Å². The first kappa shape index (κ1) is 9.06. The van der Waals surface area contributed by atoms with Gasteiger partial charge in [0.15, 0.2) is 0 Å². The maximum atomic E-state index is 8.24. The van der Waals surface area contributed by atoms with E-state index in [1.54, 1.807) is 0 Å². The van der Waals surface area contributed by atoms with Crippen LogP contribution in [-0.4, -0.2) is 6.08 Å². The third-order valence-corrected chi connectivity index (χ3v) is 0. The van der Waals surface area contributed by atoms with E-state index < -0.39 is 0 Å². The van der Waals surface area contributed by atoms with Crippen LogP contribution < -0.4 is 68.9 Å². The Morgan fingerprint density at radius 3 is 1.75 bits per heavy atom. The largest absolute Gasteiger partial charge is 1.00 e. The standard InChI is InChI=1S/CNO.Cs/c2-1-3;/q-1;+1.